The van der Waals surface area contributed by atoms with Crippen LogP contribution >= 0.6 is 0 Å². The van der Waals surface area contributed by atoms with E-state index in [0.29, 0.717) is 0 Å². The summed E-state index contributed by atoms with van der Waals surface area (Å²) in [5.74, 6) is 3.61. The van der Waals surface area contributed by atoms with E-state index >= 15 is 0 Å². The largest absolute Gasteiger partial charge is 0.453 e. The molecule has 75 heavy (non-hydrogen) atoms. The molecular formula is C68H67BN4O2. The van der Waals surface area contributed by atoms with E-state index in [1.165, 1.54) is 77.4 Å². The Balaban J connectivity index is 1.19. The number of para-hydroxylation sites is 2. The van der Waals surface area contributed by atoms with Crippen molar-refractivity contribution in [2.45, 2.75) is 131 Å². The Labute approximate surface area is 443 Å². The van der Waals surface area contributed by atoms with E-state index in [2.05, 4.69) is 257 Å². The van der Waals surface area contributed by atoms with Gasteiger partial charge < -0.3 is 28.7 Å². The van der Waals surface area contributed by atoms with Gasteiger partial charge >= 0.3 is 0 Å². The highest BCUT2D eigenvalue weighted by Gasteiger charge is 2.55. The maximum Gasteiger partial charge on any atom is 0.258 e. The normalized spacial score (nSPS) is 15.0. The number of benzene rings is 8. The number of aromatic nitrogens is 1. The molecule has 0 saturated carbocycles. The highest BCUT2D eigenvalue weighted by Crippen LogP contribution is 2.63. The van der Waals surface area contributed by atoms with Crippen LogP contribution in [0.5, 0.6) is 23.0 Å². The van der Waals surface area contributed by atoms with Gasteiger partial charge in [-0.15, -0.1) is 0 Å². The molecule has 0 amide bonds. The molecule has 0 bridgehead atoms. The average Bonchev–Trinajstić information content (AvgIpc) is 3.86. The van der Waals surface area contributed by atoms with Crippen LogP contribution in [0.15, 0.2) is 133 Å². The lowest BCUT2D eigenvalue weighted by Crippen LogP contribution is -2.65. The summed E-state index contributed by atoms with van der Waals surface area (Å²) in [6, 6.07) is 51.1. The van der Waals surface area contributed by atoms with Gasteiger partial charge in [0.1, 0.15) is 0 Å². The lowest BCUT2D eigenvalue weighted by atomic mass is 9.31. The van der Waals surface area contributed by atoms with E-state index in [4.69, 9.17) is 9.47 Å². The lowest BCUT2D eigenvalue weighted by molar-refractivity contribution is 0.448. The first kappa shape index (κ1) is 46.2. The van der Waals surface area contributed by atoms with Crippen molar-refractivity contribution in [3.05, 3.63) is 161 Å². The van der Waals surface area contributed by atoms with Crippen molar-refractivity contribution in [1.29, 1.82) is 0 Å². The minimum Gasteiger partial charge on any atom is -0.453 e. The molecule has 7 heteroatoms. The quantitative estimate of drug-likeness (QED) is 0.161. The van der Waals surface area contributed by atoms with Crippen LogP contribution in [-0.4, -0.2) is 11.3 Å². The first-order valence-corrected chi connectivity index (χ1v) is 27.1. The van der Waals surface area contributed by atoms with Gasteiger partial charge in [0.25, 0.3) is 6.71 Å². The van der Waals surface area contributed by atoms with Crippen molar-refractivity contribution in [2.75, 3.05) is 14.7 Å². The number of hydrogen-bond acceptors (Lipinski definition) is 5. The summed E-state index contributed by atoms with van der Waals surface area (Å²) in [7, 11) is 0. The standard InChI is InChI=1S/C68H67BN4O2/c1-64(2,3)38-24-28-41(29-25-38)70-53-36-45(67(10,11)12)62-60-58(53)69-57-51(72(60)49-30-26-39(65(4,5)6)32-55(49)74-62)34-42(71-47-22-18-16-20-43(47)44-21-17-19-23-48(44)71)35-52(57)73-50-31-27-40(66(7,8)9)33-56(50)75-63-46(68(13,14)15)37-54(70)59(69)61(63)73/h16-37H,1-15H3. The first-order valence-electron chi connectivity index (χ1n) is 27.1. The number of hydrogen-bond donors (Lipinski definition) is 0. The van der Waals surface area contributed by atoms with E-state index in [-0.39, 0.29) is 33.8 Å². The van der Waals surface area contributed by atoms with Gasteiger partial charge in [-0.25, -0.2) is 0 Å². The molecule has 0 radical (unpaired) electrons. The van der Waals surface area contributed by atoms with Crippen LogP contribution in [0.4, 0.5) is 51.2 Å². The first-order chi connectivity index (χ1) is 35.4. The Morgan fingerprint density at radius 3 is 1.16 bits per heavy atom. The predicted molar refractivity (Wildman–Crippen MR) is 317 cm³/mol. The maximum absolute atomic E-state index is 7.58. The summed E-state index contributed by atoms with van der Waals surface area (Å²) in [6.07, 6.45) is 0. The molecule has 0 saturated heterocycles. The Bertz CT molecular complexity index is 3770. The molecule has 14 rings (SSSR count). The second kappa shape index (κ2) is 14.7. The van der Waals surface area contributed by atoms with Crippen LogP contribution in [0.2, 0.25) is 0 Å². The maximum atomic E-state index is 7.58. The lowest BCUT2D eigenvalue weighted by Gasteiger charge is -2.52. The highest BCUT2D eigenvalue weighted by atomic mass is 16.5. The molecule has 5 aliphatic rings. The number of rotatable bonds is 2. The second-order valence-corrected chi connectivity index (χ2v) is 27.1. The Morgan fingerprint density at radius 1 is 0.347 bits per heavy atom. The second-order valence-electron chi connectivity index (χ2n) is 27.1. The van der Waals surface area contributed by atoms with Crippen molar-refractivity contribution >= 4 is 96.1 Å². The van der Waals surface area contributed by atoms with E-state index in [1.54, 1.807) is 0 Å². The molecule has 374 valence electrons. The Hall–Kier alpha value is -7.38. The molecule has 6 heterocycles. The van der Waals surface area contributed by atoms with Crippen molar-refractivity contribution < 1.29 is 9.47 Å². The number of fused-ring (bicyclic) bond motifs is 9. The van der Waals surface area contributed by atoms with E-state index < -0.39 is 0 Å². The summed E-state index contributed by atoms with van der Waals surface area (Å²) in [6.45, 7) is 34.5. The topological polar surface area (TPSA) is 33.1 Å². The van der Waals surface area contributed by atoms with Crippen LogP contribution in [0.25, 0.3) is 27.5 Å². The number of anilines is 9. The van der Waals surface area contributed by atoms with Crippen molar-refractivity contribution in [3.63, 3.8) is 0 Å². The molecule has 0 fully saturated rings. The molecule has 9 aromatic rings. The van der Waals surface area contributed by atoms with Gasteiger partial charge in [-0.1, -0.05) is 165 Å². The van der Waals surface area contributed by atoms with Crippen molar-refractivity contribution in [2.24, 2.45) is 0 Å². The molecule has 0 unspecified atom stereocenters. The van der Waals surface area contributed by atoms with Gasteiger partial charge in [0.15, 0.2) is 23.0 Å². The van der Waals surface area contributed by atoms with Crippen LogP contribution in [0, 0.1) is 0 Å². The number of nitrogens with zero attached hydrogens (tertiary/aromatic N) is 4. The van der Waals surface area contributed by atoms with E-state index in [9.17, 15) is 0 Å². The van der Waals surface area contributed by atoms with Gasteiger partial charge in [-0.05, 0) is 133 Å². The van der Waals surface area contributed by atoms with E-state index in [1.807, 2.05) is 0 Å². The summed E-state index contributed by atoms with van der Waals surface area (Å²) >= 11 is 0. The predicted octanol–water partition coefficient (Wildman–Crippen LogP) is 17.3. The Kier molecular flexibility index (Phi) is 9.06. The average molecular weight is 983 g/mol. The fourth-order valence-electron chi connectivity index (χ4n) is 13.0. The summed E-state index contributed by atoms with van der Waals surface area (Å²) in [5.41, 5.74) is 22.8. The molecule has 0 spiro atoms. The zero-order valence-electron chi connectivity index (χ0n) is 46.4. The SMILES string of the molecule is CC(C)(C)c1ccc(N2c3cc(C(C)(C)C)c4c5c3B3c6c(cc(-n7c8ccccc8c8ccccc87)cc6N6c7ccc(C(C)(C)C)cc7Oc7c(C(C)(C)C)cc2c3c76)N5c2ccc(C(C)(C)C)cc2O4)cc1. The van der Waals surface area contributed by atoms with E-state index in [0.717, 1.165) is 68.5 Å². The zero-order chi connectivity index (χ0) is 52.4. The van der Waals surface area contributed by atoms with Crippen LogP contribution in [0.3, 0.4) is 0 Å². The number of ether oxygens (including phenoxy) is 2. The highest BCUT2D eigenvalue weighted by molar-refractivity contribution is 7.03. The molecule has 0 atom stereocenters. The van der Waals surface area contributed by atoms with Crippen molar-refractivity contribution in [3.8, 4) is 28.7 Å². The molecule has 6 nitrogen and oxygen atoms in total. The summed E-state index contributed by atoms with van der Waals surface area (Å²) in [4.78, 5) is 7.80. The molecule has 0 N–H and O–H groups in total. The molecule has 8 aromatic carbocycles. The van der Waals surface area contributed by atoms with Gasteiger partial charge in [0.2, 0.25) is 0 Å². The van der Waals surface area contributed by atoms with Gasteiger partial charge in [-0.3, -0.25) is 0 Å². The Morgan fingerprint density at radius 2 is 0.747 bits per heavy atom. The minimum absolute atomic E-state index is 0.00563. The van der Waals surface area contributed by atoms with Crippen LogP contribution in [-0.2, 0) is 27.1 Å². The fourth-order valence-corrected chi connectivity index (χ4v) is 13.0. The third-order valence-corrected chi connectivity index (χ3v) is 16.9. The zero-order valence-corrected chi connectivity index (χ0v) is 46.4. The van der Waals surface area contributed by atoms with Gasteiger partial charge in [0, 0.05) is 50.3 Å². The molecule has 5 aliphatic heterocycles. The molecular weight excluding hydrogens is 916 g/mol. The summed E-state index contributed by atoms with van der Waals surface area (Å²) < 4.78 is 17.7. The minimum atomic E-state index is -0.288. The third kappa shape index (κ3) is 6.39. The van der Waals surface area contributed by atoms with Crippen LogP contribution in [0.1, 0.15) is 132 Å². The van der Waals surface area contributed by atoms with Crippen molar-refractivity contribution in [1.82, 2.24) is 4.57 Å². The van der Waals surface area contributed by atoms with Crippen LogP contribution < -0.4 is 40.6 Å². The summed E-state index contributed by atoms with van der Waals surface area (Å²) in [5, 5.41) is 2.47. The van der Waals surface area contributed by atoms with Gasteiger partial charge in [-0.2, -0.15) is 0 Å². The van der Waals surface area contributed by atoms with Gasteiger partial charge in [0.05, 0.1) is 39.5 Å². The third-order valence-electron chi connectivity index (χ3n) is 16.9. The molecule has 1 aromatic heterocycles. The molecule has 0 aliphatic carbocycles. The smallest absolute Gasteiger partial charge is 0.258 e. The monoisotopic (exact) mass is 983 g/mol. The fraction of sp³-hybridized carbons (Fsp3) is 0.294.